The van der Waals surface area contributed by atoms with E-state index in [2.05, 4.69) is 10.1 Å². The molecule has 0 fully saturated rings. The SMILES string of the molecule is Cc1nc2cc(F)c(N(C)C(=O)c3cccc(-n4nc(C(F)(F)F)cc4OCc4ccc(C(=O)O)cc4)c3)cc2o1. The third-order valence-electron chi connectivity index (χ3n) is 6.12. The number of fused-ring (bicyclic) bond motifs is 1. The molecular formula is C28H20F4N4O5. The number of halogens is 4. The highest BCUT2D eigenvalue weighted by Crippen LogP contribution is 2.33. The van der Waals surface area contributed by atoms with Gasteiger partial charge in [-0.25, -0.2) is 18.9 Å². The molecule has 1 N–H and O–H groups in total. The molecule has 41 heavy (non-hydrogen) atoms. The number of carbonyl (C=O) groups is 2. The molecular weight excluding hydrogens is 548 g/mol. The van der Waals surface area contributed by atoms with Gasteiger partial charge in [-0.05, 0) is 35.9 Å². The second kappa shape index (κ2) is 10.4. The Morgan fingerprint density at radius 3 is 2.46 bits per heavy atom. The summed E-state index contributed by atoms with van der Waals surface area (Å²) in [4.78, 5) is 29.5. The van der Waals surface area contributed by atoms with Gasteiger partial charge in [0.25, 0.3) is 5.91 Å². The number of aryl methyl sites for hydroxylation is 1. The fraction of sp³-hybridized carbons (Fsp3) is 0.143. The molecule has 2 heterocycles. The highest BCUT2D eigenvalue weighted by molar-refractivity contribution is 6.06. The van der Waals surface area contributed by atoms with E-state index in [1.54, 1.807) is 6.92 Å². The molecule has 0 bridgehead atoms. The van der Waals surface area contributed by atoms with E-state index in [1.807, 2.05) is 0 Å². The minimum absolute atomic E-state index is 0.0394. The number of alkyl halides is 3. The van der Waals surface area contributed by atoms with Crippen LogP contribution >= 0.6 is 0 Å². The number of hydrogen-bond donors (Lipinski definition) is 1. The highest BCUT2D eigenvalue weighted by Gasteiger charge is 2.35. The number of carboxylic acid groups (broad SMARTS) is 1. The molecule has 5 aromatic rings. The number of ether oxygens (including phenoxy) is 1. The van der Waals surface area contributed by atoms with Crippen molar-refractivity contribution in [2.24, 2.45) is 0 Å². The second-order valence-corrected chi connectivity index (χ2v) is 8.99. The molecule has 0 aliphatic heterocycles. The fourth-order valence-corrected chi connectivity index (χ4v) is 4.07. The van der Waals surface area contributed by atoms with E-state index in [0.717, 1.165) is 21.7 Å². The van der Waals surface area contributed by atoms with Crippen LogP contribution in [0.25, 0.3) is 16.8 Å². The first-order valence-corrected chi connectivity index (χ1v) is 12.0. The van der Waals surface area contributed by atoms with Crippen LogP contribution in [0.15, 0.2) is 71.1 Å². The van der Waals surface area contributed by atoms with Crippen LogP contribution in [0.5, 0.6) is 5.88 Å². The van der Waals surface area contributed by atoms with Crippen molar-refractivity contribution >= 4 is 28.7 Å². The number of oxazole rings is 1. The summed E-state index contributed by atoms with van der Waals surface area (Å²) in [5.74, 6) is -2.43. The smallest absolute Gasteiger partial charge is 0.435 e. The number of rotatable bonds is 7. The van der Waals surface area contributed by atoms with Crippen molar-refractivity contribution in [3.63, 3.8) is 0 Å². The van der Waals surface area contributed by atoms with Gasteiger partial charge >= 0.3 is 12.1 Å². The molecule has 1 amide bonds. The first-order chi connectivity index (χ1) is 19.4. The van der Waals surface area contributed by atoms with E-state index < -0.39 is 29.6 Å². The predicted octanol–water partition coefficient (Wildman–Crippen LogP) is 6.03. The van der Waals surface area contributed by atoms with Crippen LogP contribution < -0.4 is 9.64 Å². The summed E-state index contributed by atoms with van der Waals surface area (Å²) in [5, 5.41) is 12.7. The molecule has 3 aromatic carbocycles. The number of carboxylic acids is 1. The second-order valence-electron chi connectivity index (χ2n) is 8.99. The first kappa shape index (κ1) is 27.4. The number of aromatic carboxylic acids is 1. The van der Waals surface area contributed by atoms with Gasteiger partial charge in [-0.1, -0.05) is 18.2 Å². The van der Waals surface area contributed by atoms with Crippen molar-refractivity contribution in [3.8, 4) is 11.6 Å². The van der Waals surface area contributed by atoms with Crippen molar-refractivity contribution in [2.75, 3.05) is 11.9 Å². The van der Waals surface area contributed by atoms with Gasteiger partial charge in [0.1, 0.15) is 17.9 Å². The lowest BCUT2D eigenvalue weighted by atomic mass is 10.1. The molecule has 5 rings (SSSR count). The Morgan fingerprint density at radius 1 is 1.05 bits per heavy atom. The Labute approximate surface area is 229 Å². The van der Waals surface area contributed by atoms with Crippen LogP contribution in [0.3, 0.4) is 0 Å². The lowest BCUT2D eigenvalue weighted by Gasteiger charge is -2.18. The normalized spacial score (nSPS) is 11.6. The molecule has 0 aliphatic rings. The van der Waals surface area contributed by atoms with Gasteiger partial charge < -0.3 is 19.2 Å². The molecule has 13 heteroatoms. The average molecular weight is 568 g/mol. The van der Waals surface area contributed by atoms with Crippen molar-refractivity contribution in [1.29, 1.82) is 0 Å². The van der Waals surface area contributed by atoms with E-state index >= 15 is 0 Å². The van der Waals surface area contributed by atoms with Gasteiger partial charge in [0.05, 0.1) is 16.9 Å². The van der Waals surface area contributed by atoms with E-state index in [0.29, 0.717) is 11.5 Å². The van der Waals surface area contributed by atoms with Crippen LogP contribution in [0.2, 0.25) is 0 Å². The van der Waals surface area contributed by atoms with Crippen molar-refractivity contribution in [3.05, 3.63) is 101 Å². The summed E-state index contributed by atoms with van der Waals surface area (Å²) in [6, 6.07) is 14.4. The Balaban J connectivity index is 1.45. The summed E-state index contributed by atoms with van der Waals surface area (Å²) in [5.41, 5.74) is -0.0711. The Hall–Kier alpha value is -5.20. The summed E-state index contributed by atoms with van der Waals surface area (Å²) in [6.07, 6.45) is -4.78. The number of aromatic nitrogens is 3. The number of hydrogen-bond acceptors (Lipinski definition) is 6. The molecule has 0 spiro atoms. The number of benzene rings is 3. The number of anilines is 1. The van der Waals surface area contributed by atoms with Crippen LogP contribution in [-0.2, 0) is 12.8 Å². The van der Waals surface area contributed by atoms with E-state index in [-0.39, 0.29) is 46.1 Å². The highest BCUT2D eigenvalue weighted by atomic mass is 19.4. The van der Waals surface area contributed by atoms with E-state index in [4.69, 9.17) is 14.3 Å². The van der Waals surface area contributed by atoms with Gasteiger partial charge in [0.15, 0.2) is 17.2 Å². The molecule has 2 aromatic heterocycles. The van der Waals surface area contributed by atoms with E-state index in [1.165, 1.54) is 61.6 Å². The molecule has 9 nitrogen and oxygen atoms in total. The average Bonchev–Trinajstić information content (AvgIpc) is 3.53. The molecule has 0 radical (unpaired) electrons. The Kier molecular flexibility index (Phi) is 6.95. The van der Waals surface area contributed by atoms with Crippen molar-refractivity contribution < 1.29 is 41.4 Å². The predicted molar refractivity (Wildman–Crippen MR) is 138 cm³/mol. The standard InChI is InChI=1S/C28H20F4N4O5/c1-15-33-21-11-20(29)22(12-23(21)41-15)35(2)26(37)18-4-3-5-19(10-18)36-25(13-24(34-36)28(30,31)32)40-14-16-6-8-17(9-7-16)27(38)39/h3-13H,14H2,1-2H3,(H,38,39). The maximum atomic E-state index is 14.8. The topological polar surface area (TPSA) is 111 Å². The third-order valence-corrected chi connectivity index (χ3v) is 6.12. The van der Waals surface area contributed by atoms with Crippen LogP contribution in [0, 0.1) is 12.7 Å². The lowest BCUT2D eigenvalue weighted by Crippen LogP contribution is -2.27. The number of amides is 1. The molecule has 0 saturated carbocycles. The van der Waals surface area contributed by atoms with Gasteiger partial charge in [-0.2, -0.15) is 18.3 Å². The largest absolute Gasteiger partial charge is 0.478 e. The third kappa shape index (κ3) is 5.60. The number of nitrogens with zero attached hydrogens (tertiary/aromatic N) is 4. The molecule has 0 saturated heterocycles. The minimum atomic E-state index is -4.78. The summed E-state index contributed by atoms with van der Waals surface area (Å²) in [7, 11) is 1.35. The zero-order valence-corrected chi connectivity index (χ0v) is 21.4. The maximum Gasteiger partial charge on any atom is 0.435 e. The van der Waals surface area contributed by atoms with E-state index in [9.17, 15) is 27.2 Å². The summed E-state index contributed by atoms with van der Waals surface area (Å²) in [6.45, 7) is 1.41. The van der Waals surface area contributed by atoms with Gasteiger partial charge in [0.2, 0.25) is 5.88 Å². The quantitative estimate of drug-likeness (QED) is 0.239. The summed E-state index contributed by atoms with van der Waals surface area (Å²) < 4.78 is 67.4. The summed E-state index contributed by atoms with van der Waals surface area (Å²) >= 11 is 0. The minimum Gasteiger partial charge on any atom is -0.478 e. The van der Waals surface area contributed by atoms with Gasteiger partial charge in [0, 0.05) is 37.7 Å². The van der Waals surface area contributed by atoms with Crippen LogP contribution in [-0.4, -0.2) is 38.8 Å². The Bertz CT molecular complexity index is 1780. The van der Waals surface area contributed by atoms with Gasteiger partial charge in [-0.3, -0.25) is 4.79 Å². The zero-order valence-electron chi connectivity index (χ0n) is 21.4. The zero-order chi connectivity index (χ0) is 29.5. The Morgan fingerprint density at radius 2 is 1.78 bits per heavy atom. The first-order valence-electron chi connectivity index (χ1n) is 12.0. The van der Waals surface area contributed by atoms with Gasteiger partial charge in [-0.15, -0.1) is 0 Å². The maximum absolute atomic E-state index is 14.8. The van der Waals surface area contributed by atoms with Crippen LogP contribution in [0.4, 0.5) is 23.2 Å². The number of carbonyl (C=O) groups excluding carboxylic acids is 1. The van der Waals surface area contributed by atoms with Crippen molar-refractivity contribution in [2.45, 2.75) is 19.7 Å². The molecule has 0 aliphatic carbocycles. The van der Waals surface area contributed by atoms with Crippen LogP contribution in [0.1, 0.15) is 37.9 Å². The molecule has 0 unspecified atom stereocenters. The molecule has 0 atom stereocenters. The molecule has 210 valence electrons. The lowest BCUT2D eigenvalue weighted by molar-refractivity contribution is -0.141. The fourth-order valence-electron chi connectivity index (χ4n) is 4.07. The van der Waals surface area contributed by atoms with Crippen molar-refractivity contribution in [1.82, 2.24) is 14.8 Å². The monoisotopic (exact) mass is 568 g/mol.